The monoisotopic (exact) mass is 1090 g/mol. The van der Waals surface area contributed by atoms with Crippen LogP contribution in [0.2, 0.25) is 0 Å². The minimum atomic E-state index is -4.63. The van der Waals surface area contributed by atoms with Crippen LogP contribution in [0.3, 0.4) is 0 Å². The van der Waals surface area contributed by atoms with E-state index in [0.717, 1.165) is 53.8 Å². The molecule has 2 unspecified atom stereocenters. The Kier molecular flexibility index (Phi) is 18.3. The average Bonchev–Trinajstić information content (AvgIpc) is 4.35. The van der Waals surface area contributed by atoms with Crippen molar-refractivity contribution in [2.75, 3.05) is 58.0 Å². The van der Waals surface area contributed by atoms with Gasteiger partial charge in [-0.05, 0) is 92.6 Å². The number of benzene rings is 4. The Morgan fingerprint density at radius 1 is 0.718 bits per heavy atom. The number of imide groups is 2. The second-order valence-electron chi connectivity index (χ2n) is 18.4. The van der Waals surface area contributed by atoms with Gasteiger partial charge in [0.2, 0.25) is 17.1 Å². The van der Waals surface area contributed by atoms with Crippen LogP contribution in [0.4, 0.5) is 43.7 Å². The van der Waals surface area contributed by atoms with E-state index >= 15 is 0 Å². The molecule has 0 bridgehead atoms. The van der Waals surface area contributed by atoms with Crippen molar-refractivity contribution < 1.29 is 75.6 Å². The third-order valence-corrected chi connectivity index (χ3v) is 13.9. The van der Waals surface area contributed by atoms with Gasteiger partial charge in [0.25, 0.3) is 11.8 Å². The molecule has 6 aliphatic rings. The quantitative estimate of drug-likeness (QED) is 0.0884. The van der Waals surface area contributed by atoms with Gasteiger partial charge in [-0.3, -0.25) is 19.2 Å². The molecule has 6 N–H and O–H groups in total. The Labute approximate surface area is 448 Å². The molecule has 4 atom stereocenters. The number of carbonyl (C=O) groups is 8. The van der Waals surface area contributed by atoms with Crippen molar-refractivity contribution in [2.24, 2.45) is 0 Å². The number of anilines is 2. The number of aryl methyl sites for hydroxylation is 2. The van der Waals surface area contributed by atoms with Crippen LogP contribution < -0.4 is 36.1 Å². The topological polar surface area (TPSA) is 264 Å². The van der Waals surface area contributed by atoms with Crippen LogP contribution in [0.25, 0.3) is 0 Å². The van der Waals surface area contributed by atoms with Gasteiger partial charge in [0.1, 0.15) is 24.6 Å². The maximum absolute atomic E-state index is 13.5. The molecule has 9 amide bonds. The minimum absolute atomic E-state index is 0. The van der Waals surface area contributed by atoms with Gasteiger partial charge >= 0.3 is 36.6 Å². The number of carboxylic acid groups (broad SMARTS) is 1. The van der Waals surface area contributed by atoms with E-state index in [1.807, 2.05) is 24.3 Å². The van der Waals surface area contributed by atoms with E-state index in [0.29, 0.717) is 58.1 Å². The van der Waals surface area contributed by atoms with E-state index in [4.69, 9.17) is 19.3 Å². The Morgan fingerprint density at radius 2 is 1.23 bits per heavy atom. The highest BCUT2D eigenvalue weighted by atomic mass is 19.4. The Bertz CT molecular complexity index is 2950. The van der Waals surface area contributed by atoms with Crippen molar-refractivity contribution in [1.29, 1.82) is 0 Å². The zero-order valence-corrected chi connectivity index (χ0v) is 41.5. The van der Waals surface area contributed by atoms with Crippen LogP contribution >= 0.6 is 0 Å². The Balaban J connectivity index is 0.000000203. The molecule has 21 nitrogen and oxygen atoms in total. The standard InChI is InChI=1S/C26H28N4O6.C15H15N3O6.C11H12F3NO.2CH4/c1-27-24(33)28-17-9-10-19-16(14-17)11-12-26(19)23(32)30(25(34)36-26)15-22(31)29-13-5-7-20(29)18-6-3-4-8-21(18)35-2;1-16-13(22)17-9-2-3-10-8(6-9)4-5-15(10)12(21)18(7-11(19)20)14(23)24-15;12-11(13,14)16-10-6-2-1-4-8(10)9-5-3-7-15-9;;/h3-4,6,8-10,14,20H,5,7,11-13,15H2,1-2H3,(H2,27,28,33);2-3,6H,4-5,7H2,1H3,(H,19,20)(H2,16,17,22);1-2,4,6,9,15H,3,5,7H2;2*1H4/t20?,26-;15-;;;/m11.../s1. The number of fused-ring (bicyclic) bond motifs is 4. The number of nitrogens with zero attached hydrogens (tertiary/aromatic N) is 3. The molecule has 2 spiro atoms. The first-order valence-electron chi connectivity index (χ1n) is 24.4. The minimum Gasteiger partial charge on any atom is -0.496 e. The number of rotatable bonds is 10. The van der Waals surface area contributed by atoms with E-state index in [1.165, 1.54) is 20.2 Å². The van der Waals surface area contributed by atoms with Crippen molar-refractivity contribution >= 4 is 59.3 Å². The van der Waals surface area contributed by atoms with Crippen LogP contribution in [0.5, 0.6) is 11.5 Å². The van der Waals surface area contributed by atoms with Crippen molar-refractivity contribution in [3.63, 3.8) is 0 Å². The molecule has 4 fully saturated rings. The van der Waals surface area contributed by atoms with E-state index in [9.17, 15) is 51.5 Å². The number of hydrogen-bond acceptors (Lipinski definition) is 13. The number of amides is 9. The number of methoxy groups -OCH3 is 1. The first-order valence-corrected chi connectivity index (χ1v) is 24.4. The predicted octanol–water partition coefficient (Wildman–Crippen LogP) is 7.86. The summed E-state index contributed by atoms with van der Waals surface area (Å²) in [6.45, 7) is 0.264. The molecule has 0 aromatic heterocycles. The fourth-order valence-electron chi connectivity index (χ4n) is 10.5. The zero-order chi connectivity index (χ0) is 54.5. The van der Waals surface area contributed by atoms with Crippen LogP contribution in [-0.4, -0.2) is 121 Å². The number of hydrogen-bond donors (Lipinski definition) is 6. The summed E-state index contributed by atoms with van der Waals surface area (Å²) in [6.07, 6.45) is -1.49. The number of halogens is 3. The summed E-state index contributed by atoms with van der Waals surface area (Å²) in [5.74, 6) is -2.20. The summed E-state index contributed by atoms with van der Waals surface area (Å²) in [5.41, 5.74) is 2.40. The third-order valence-electron chi connectivity index (χ3n) is 13.9. The molecular formula is C54H63F3N8O13. The van der Waals surface area contributed by atoms with Crippen LogP contribution in [0, 0.1) is 0 Å². The van der Waals surface area contributed by atoms with Gasteiger partial charge < -0.3 is 55.5 Å². The molecule has 78 heavy (non-hydrogen) atoms. The highest BCUT2D eigenvalue weighted by Gasteiger charge is 2.60. The van der Waals surface area contributed by atoms with Crippen molar-refractivity contribution in [2.45, 2.75) is 95.9 Å². The highest BCUT2D eigenvalue weighted by molar-refractivity contribution is 6.07. The second kappa shape index (κ2) is 24.3. The molecule has 10 rings (SSSR count). The molecule has 2 aliphatic carbocycles. The summed E-state index contributed by atoms with van der Waals surface area (Å²) in [6, 6.07) is 23.0. The van der Waals surface area contributed by atoms with E-state index in [-0.39, 0.29) is 70.0 Å². The van der Waals surface area contributed by atoms with E-state index in [2.05, 4.69) is 31.3 Å². The lowest BCUT2D eigenvalue weighted by Crippen LogP contribution is -2.44. The number of alkyl halides is 3. The lowest BCUT2D eigenvalue weighted by molar-refractivity contribution is -0.275. The Hall–Kier alpha value is -8.41. The lowest BCUT2D eigenvalue weighted by atomic mass is 9.94. The van der Waals surface area contributed by atoms with E-state index < -0.39 is 54.1 Å². The summed E-state index contributed by atoms with van der Waals surface area (Å²) in [4.78, 5) is 101. The summed E-state index contributed by atoms with van der Waals surface area (Å²) < 4.78 is 56.9. The molecule has 4 heterocycles. The first-order chi connectivity index (χ1) is 36.3. The number of ether oxygens (including phenoxy) is 4. The van der Waals surface area contributed by atoms with Gasteiger partial charge in [-0.15, -0.1) is 13.2 Å². The fourth-order valence-corrected chi connectivity index (χ4v) is 10.5. The number of aliphatic carboxylic acids is 1. The van der Waals surface area contributed by atoms with Crippen molar-refractivity contribution in [1.82, 2.24) is 30.7 Å². The number of para-hydroxylation sites is 2. The number of likely N-dealkylation sites (tertiary alicyclic amines) is 1. The summed E-state index contributed by atoms with van der Waals surface area (Å²) >= 11 is 0. The van der Waals surface area contributed by atoms with Gasteiger partial charge in [0.05, 0.1) is 13.2 Å². The van der Waals surface area contributed by atoms with Gasteiger partial charge in [-0.25, -0.2) is 29.0 Å². The number of urea groups is 2. The molecule has 0 radical (unpaired) electrons. The first kappa shape index (κ1) is 58.8. The second-order valence-corrected chi connectivity index (χ2v) is 18.4. The van der Waals surface area contributed by atoms with E-state index in [1.54, 1.807) is 66.6 Å². The fraction of sp³-hybridized carbons (Fsp3) is 0.407. The zero-order valence-electron chi connectivity index (χ0n) is 41.5. The van der Waals surface area contributed by atoms with Crippen LogP contribution in [0.15, 0.2) is 84.9 Å². The maximum Gasteiger partial charge on any atom is 0.573 e. The third kappa shape index (κ3) is 12.1. The van der Waals surface area contributed by atoms with Gasteiger partial charge in [0.15, 0.2) is 0 Å². The SMILES string of the molecule is C.C.CNC(=O)Nc1ccc2c(c1)CC[C@@]21OC(=O)N(CC(=O)N2CCCC2c2ccccc2OC)C1=O.CNC(=O)Nc1ccc2c(c1)CC[C@@]21OC(=O)N(CC(=O)O)C1=O.FC(F)(F)Oc1ccccc1C1CCCN1. The van der Waals surface area contributed by atoms with Crippen molar-refractivity contribution in [3.8, 4) is 11.5 Å². The van der Waals surface area contributed by atoms with Crippen LogP contribution in [-0.2, 0) is 52.7 Å². The average molecular weight is 1090 g/mol. The number of carbonyl (C=O) groups excluding carboxylic acids is 7. The van der Waals surface area contributed by atoms with Crippen molar-refractivity contribution in [3.05, 3.63) is 118 Å². The molecule has 4 aliphatic heterocycles. The normalized spacial score (nSPS) is 21.4. The lowest BCUT2D eigenvalue weighted by Gasteiger charge is -2.27. The molecular weight excluding hydrogens is 1030 g/mol. The highest BCUT2D eigenvalue weighted by Crippen LogP contribution is 2.48. The number of carboxylic acids is 1. The number of nitrogens with one attached hydrogen (secondary N) is 5. The summed E-state index contributed by atoms with van der Waals surface area (Å²) in [7, 11) is 4.60. The molecule has 4 saturated heterocycles. The summed E-state index contributed by atoms with van der Waals surface area (Å²) in [5, 5.41) is 22.2. The van der Waals surface area contributed by atoms with Gasteiger partial charge in [-0.1, -0.05) is 63.4 Å². The van der Waals surface area contributed by atoms with Crippen LogP contribution in [0.1, 0.15) is 98.8 Å². The van der Waals surface area contributed by atoms with Gasteiger partial charge in [0, 0.05) is 73.2 Å². The van der Waals surface area contributed by atoms with Gasteiger partial charge in [-0.2, -0.15) is 0 Å². The predicted molar refractivity (Wildman–Crippen MR) is 276 cm³/mol. The molecule has 4 aromatic carbocycles. The Morgan fingerprint density at radius 3 is 1.72 bits per heavy atom. The molecule has 4 aromatic rings. The molecule has 24 heteroatoms. The molecule has 0 saturated carbocycles. The largest absolute Gasteiger partial charge is 0.573 e. The smallest absolute Gasteiger partial charge is 0.496 e. The molecule has 418 valence electrons. The maximum atomic E-state index is 13.5.